The van der Waals surface area contributed by atoms with Crippen molar-refractivity contribution in [2.45, 2.75) is 13.0 Å². The summed E-state index contributed by atoms with van der Waals surface area (Å²) in [4.78, 5) is 22.5. The Hall–Kier alpha value is -2.60. The Morgan fingerprint density at radius 3 is 2.48 bits per heavy atom. The summed E-state index contributed by atoms with van der Waals surface area (Å²) >= 11 is 5.74. The fraction of sp³-hybridized carbons (Fsp3) is 0.188. The van der Waals surface area contributed by atoms with Crippen LogP contribution in [0.3, 0.4) is 0 Å². The van der Waals surface area contributed by atoms with Gasteiger partial charge in [0.05, 0.1) is 18.1 Å². The van der Waals surface area contributed by atoms with Gasteiger partial charge in [0.25, 0.3) is 11.6 Å². The Labute approximate surface area is 138 Å². The van der Waals surface area contributed by atoms with Gasteiger partial charge in [0, 0.05) is 11.6 Å². The van der Waals surface area contributed by atoms with Gasteiger partial charge in [-0.1, -0.05) is 23.7 Å². The summed E-state index contributed by atoms with van der Waals surface area (Å²) in [5.41, 5.74) is 0.778. The van der Waals surface area contributed by atoms with E-state index in [1.807, 2.05) is 19.1 Å². The molecule has 2 aromatic carbocycles. The number of amides is 1. The predicted octanol–water partition coefficient (Wildman–Crippen LogP) is 3.75. The Kier molecular flexibility index (Phi) is 5.18. The molecule has 23 heavy (non-hydrogen) atoms. The highest BCUT2D eigenvalue weighted by molar-refractivity contribution is 6.32. The van der Waals surface area contributed by atoms with Gasteiger partial charge in [-0.3, -0.25) is 14.9 Å². The van der Waals surface area contributed by atoms with Crippen LogP contribution in [0.25, 0.3) is 0 Å². The molecule has 0 unspecified atom stereocenters. The third kappa shape index (κ3) is 3.98. The SMILES string of the molecule is COc1ccc([C@@H](C)NC(=O)c2ccc(Cl)c([N+](=O)[O-])c2)cc1. The van der Waals surface area contributed by atoms with E-state index in [1.165, 1.54) is 18.2 Å². The maximum absolute atomic E-state index is 12.2. The molecule has 0 fully saturated rings. The van der Waals surface area contributed by atoms with Gasteiger partial charge in [-0.25, -0.2) is 0 Å². The van der Waals surface area contributed by atoms with Crippen LogP contribution in [0.4, 0.5) is 5.69 Å². The summed E-state index contributed by atoms with van der Waals surface area (Å²) in [5.74, 6) is 0.314. The van der Waals surface area contributed by atoms with Gasteiger partial charge in [0.1, 0.15) is 10.8 Å². The van der Waals surface area contributed by atoms with Crippen LogP contribution in [-0.2, 0) is 0 Å². The second kappa shape index (κ2) is 7.11. The molecule has 0 aromatic heterocycles. The van der Waals surface area contributed by atoms with E-state index >= 15 is 0 Å². The number of nitrogens with one attached hydrogen (secondary N) is 1. The molecular formula is C16H15ClN2O4. The summed E-state index contributed by atoms with van der Waals surface area (Å²) in [6.45, 7) is 1.82. The van der Waals surface area contributed by atoms with Gasteiger partial charge >= 0.3 is 0 Å². The zero-order valence-corrected chi connectivity index (χ0v) is 13.3. The average Bonchev–Trinajstić information content (AvgIpc) is 2.54. The minimum atomic E-state index is -0.619. The van der Waals surface area contributed by atoms with Gasteiger partial charge in [0.15, 0.2) is 0 Å². The number of halogens is 1. The molecule has 7 heteroatoms. The molecule has 0 saturated carbocycles. The van der Waals surface area contributed by atoms with Crippen molar-refractivity contribution in [2.24, 2.45) is 0 Å². The molecule has 0 bridgehead atoms. The van der Waals surface area contributed by atoms with Gasteiger partial charge < -0.3 is 10.1 Å². The van der Waals surface area contributed by atoms with E-state index in [9.17, 15) is 14.9 Å². The van der Waals surface area contributed by atoms with E-state index in [0.29, 0.717) is 0 Å². The first-order chi connectivity index (χ1) is 10.9. The zero-order valence-electron chi connectivity index (χ0n) is 12.6. The summed E-state index contributed by atoms with van der Waals surface area (Å²) < 4.78 is 5.08. The van der Waals surface area contributed by atoms with E-state index in [2.05, 4.69) is 5.32 Å². The van der Waals surface area contributed by atoms with Crippen molar-refractivity contribution in [2.75, 3.05) is 7.11 Å². The number of nitro benzene ring substituents is 1. The fourth-order valence-electron chi connectivity index (χ4n) is 2.05. The molecule has 2 rings (SSSR count). The van der Waals surface area contributed by atoms with E-state index in [4.69, 9.17) is 16.3 Å². The van der Waals surface area contributed by atoms with Crippen LogP contribution < -0.4 is 10.1 Å². The number of ether oxygens (including phenoxy) is 1. The van der Waals surface area contributed by atoms with Crippen molar-refractivity contribution in [3.8, 4) is 5.75 Å². The second-order valence-corrected chi connectivity index (χ2v) is 5.30. The van der Waals surface area contributed by atoms with Crippen LogP contribution in [-0.4, -0.2) is 17.9 Å². The summed E-state index contributed by atoms with van der Waals surface area (Å²) in [6, 6.07) is 11.0. The Bertz CT molecular complexity index is 731. The first-order valence-electron chi connectivity index (χ1n) is 6.81. The van der Waals surface area contributed by atoms with E-state index < -0.39 is 10.8 Å². The summed E-state index contributed by atoms with van der Waals surface area (Å²) in [5, 5.41) is 13.7. The highest BCUT2D eigenvalue weighted by Gasteiger charge is 2.17. The van der Waals surface area contributed by atoms with Crippen molar-refractivity contribution in [3.05, 3.63) is 68.7 Å². The number of benzene rings is 2. The molecule has 1 atom stereocenters. The largest absolute Gasteiger partial charge is 0.497 e. The minimum absolute atomic E-state index is 0.00486. The molecule has 6 nitrogen and oxygen atoms in total. The smallest absolute Gasteiger partial charge is 0.288 e. The first kappa shape index (κ1) is 16.8. The highest BCUT2D eigenvalue weighted by atomic mass is 35.5. The number of nitrogens with zero attached hydrogens (tertiary/aromatic N) is 1. The molecule has 0 heterocycles. The van der Waals surface area contributed by atoms with Crippen LogP contribution >= 0.6 is 11.6 Å². The van der Waals surface area contributed by atoms with E-state index in [0.717, 1.165) is 11.3 Å². The molecule has 0 aliphatic heterocycles. The van der Waals surface area contributed by atoms with Crippen molar-refractivity contribution in [3.63, 3.8) is 0 Å². The lowest BCUT2D eigenvalue weighted by Crippen LogP contribution is -2.26. The van der Waals surface area contributed by atoms with Crippen molar-refractivity contribution in [1.82, 2.24) is 5.32 Å². The monoisotopic (exact) mass is 334 g/mol. The number of rotatable bonds is 5. The van der Waals surface area contributed by atoms with Gasteiger partial charge in [0.2, 0.25) is 0 Å². The number of hydrogen-bond acceptors (Lipinski definition) is 4. The highest BCUT2D eigenvalue weighted by Crippen LogP contribution is 2.25. The molecule has 1 amide bonds. The topological polar surface area (TPSA) is 81.5 Å². The summed E-state index contributed by atoms with van der Waals surface area (Å²) in [7, 11) is 1.58. The molecule has 0 saturated heterocycles. The lowest BCUT2D eigenvalue weighted by molar-refractivity contribution is -0.384. The van der Waals surface area contributed by atoms with Crippen LogP contribution in [0.2, 0.25) is 5.02 Å². The average molecular weight is 335 g/mol. The van der Waals surface area contributed by atoms with Gasteiger partial charge in [-0.15, -0.1) is 0 Å². The Balaban J connectivity index is 2.14. The van der Waals surface area contributed by atoms with Crippen LogP contribution in [0, 0.1) is 10.1 Å². The van der Waals surface area contributed by atoms with E-state index in [1.54, 1.807) is 19.2 Å². The predicted molar refractivity (Wildman–Crippen MR) is 87.0 cm³/mol. The normalized spacial score (nSPS) is 11.6. The number of nitro groups is 1. The number of hydrogen-bond donors (Lipinski definition) is 1. The Morgan fingerprint density at radius 2 is 1.91 bits per heavy atom. The molecule has 0 aliphatic rings. The molecule has 1 N–H and O–H groups in total. The third-order valence-corrected chi connectivity index (χ3v) is 3.69. The molecular weight excluding hydrogens is 320 g/mol. The molecule has 0 aliphatic carbocycles. The molecule has 0 spiro atoms. The lowest BCUT2D eigenvalue weighted by Gasteiger charge is -2.15. The van der Waals surface area contributed by atoms with Crippen LogP contribution in [0.1, 0.15) is 28.9 Å². The van der Waals surface area contributed by atoms with Crippen molar-refractivity contribution >= 4 is 23.2 Å². The quantitative estimate of drug-likeness (QED) is 0.667. The number of carbonyl (C=O) groups is 1. The maximum Gasteiger partial charge on any atom is 0.288 e. The Morgan fingerprint density at radius 1 is 1.26 bits per heavy atom. The van der Waals surface area contributed by atoms with Crippen LogP contribution in [0.5, 0.6) is 5.75 Å². The van der Waals surface area contributed by atoms with E-state index in [-0.39, 0.29) is 22.3 Å². The fourth-order valence-corrected chi connectivity index (χ4v) is 2.24. The van der Waals surface area contributed by atoms with Crippen molar-refractivity contribution < 1.29 is 14.5 Å². The van der Waals surface area contributed by atoms with Crippen LogP contribution in [0.15, 0.2) is 42.5 Å². The number of carbonyl (C=O) groups excluding carboxylic acids is 1. The molecule has 0 radical (unpaired) electrons. The van der Waals surface area contributed by atoms with Crippen molar-refractivity contribution in [1.29, 1.82) is 0 Å². The van der Waals surface area contributed by atoms with Gasteiger partial charge in [-0.2, -0.15) is 0 Å². The van der Waals surface area contributed by atoms with Gasteiger partial charge in [-0.05, 0) is 36.8 Å². The maximum atomic E-state index is 12.2. The second-order valence-electron chi connectivity index (χ2n) is 4.89. The zero-order chi connectivity index (χ0) is 17.0. The lowest BCUT2D eigenvalue weighted by atomic mass is 10.1. The minimum Gasteiger partial charge on any atom is -0.497 e. The number of methoxy groups -OCH3 is 1. The third-order valence-electron chi connectivity index (χ3n) is 3.37. The molecule has 2 aromatic rings. The molecule has 120 valence electrons. The first-order valence-corrected chi connectivity index (χ1v) is 7.19. The summed E-state index contributed by atoms with van der Waals surface area (Å²) in [6.07, 6.45) is 0. The standard InChI is InChI=1S/C16H15ClN2O4/c1-10(11-3-6-13(23-2)7-4-11)18-16(20)12-5-8-14(17)15(9-12)19(21)22/h3-10H,1-2H3,(H,18,20)/t10-/m1/s1.